The normalized spacial score (nSPS) is 22.9. The Kier molecular flexibility index (Phi) is 3.02. The highest BCUT2D eigenvalue weighted by atomic mass is 79.9. The third-order valence-electron chi connectivity index (χ3n) is 3.24. The van der Waals surface area contributed by atoms with Crippen molar-refractivity contribution in [3.8, 4) is 0 Å². The van der Waals surface area contributed by atoms with Crippen LogP contribution < -0.4 is 5.56 Å². The molecule has 1 aliphatic rings. The van der Waals surface area contributed by atoms with Crippen LogP contribution in [-0.4, -0.2) is 28.6 Å². The van der Waals surface area contributed by atoms with E-state index in [-0.39, 0.29) is 9.50 Å². The van der Waals surface area contributed by atoms with Gasteiger partial charge in [-0.2, -0.15) is 13.2 Å². The van der Waals surface area contributed by atoms with Gasteiger partial charge < -0.3 is 4.90 Å². The second-order valence-corrected chi connectivity index (χ2v) is 5.47. The van der Waals surface area contributed by atoms with Crippen molar-refractivity contribution >= 4 is 33.4 Å². The van der Waals surface area contributed by atoms with Crippen molar-refractivity contribution < 1.29 is 18.0 Å². The van der Waals surface area contributed by atoms with Crippen LogP contribution >= 0.6 is 27.5 Å². The summed E-state index contributed by atoms with van der Waals surface area (Å²) >= 11 is 8.62. The van der Waals surface area contributed by atoms with Gasteiger partial charge >= 0.3 is 6.18 Å². The highest BCUT2D eigenvalue weighted by Gasteiger charge is 2.62. The maximum atomic E-state index is 13.3. The van der Waals surface area contributed by atoms with E-state index >= 15 is 0 Å². The molecule has 4 nitrogen and oxygen atoms in total. The van der Waals surface area contributed by atoms with Crippen LogP contribution in [0.1, 0.15) is 17.4 Å². The van der Waals surface area contributed by atoms with Gasteiger partial charge in [-0.05, 0) is 28.9 Å². The summed E-state index contributed by atoms with van der Waals surface area (Å²) in [6.45, 7) is 0.756. The molecular weight excluding hydrogens is 352 g/mol. The zero-order valence-electron chi connectivity index (χ0n) is 9.68. The van der Waals surface area contributed by atoms with E-state index in [0.29, 0.717) is 9.47 Å². The van der Waals surface area contributed by atoms with E-state index in [2.05, 4.69) is 15.9 Å². The molecule has 0 saturated carbocycles. The van der Waals surface area contributed by atoms with Gasteiger partial charge in [0.05, 0.1) is 9.50 Å². The molecule has 1 aromatic heterocycles. The van der Waals surface area contributed by atoms with Crippen LogP contribution in [0.15, 0.2) is 15.3 Å². The van der Waals surface area contributed by atoms with Crippen LogP contribution in [0.4, 0.5) is 13.2 Å². The van der Waals surface area contributed by atoms with Gasteiger partial charge in [-0.1, -0.05) is 11.6 Å². The predicted molar refractivity (Wildman–Crippen MR) is 65.2 cm³/mol. The fourth-order valence-corrected chi connectivity index (χ4v) is 2.81. The number of carbonyl (C=O) groups is 1. The van der Waals surface area contributed by atoms with Gasteiger partial charge in [-0.3, -0.25) is 14.2 Å². The second kappa shape index (κ2) is 3.99. The molecule has 1 amide bonds. The topological polar surface area (TPSA) is 42.3 Å². The predicted octanol–water partition coefficient (Wildman–Crippen LogP) is 2.58. The third-order valence-corrected chi connectivity index (χ3v) is 4.10. The summed E-state index contributed by atoms with van der Waals surface area (Å²) in [7, 11) is 0.979. The van der Waals surface area contributed by atoms with Crippen LogP contribution in [-0.2, 0) is 5.66 Å². The lowest BCUT2D eigenvalue weighted by atomic mass is 10.1. The van der Waals surface area contributed by atoms with Gasteiger partial charge in [-0.25, -0.2) is 0 Å². The van der Waals surface area contributed by atoms with Crippen molar-refractivity contribution in [2.45, 2.75) is 18.8 Å². The lowest BCUT2D eigenvalue weighted by molar-refractivity contribution is -0.241. The Morgan fingerprint density at radius 2 is 1.89 bits per heavy atom. The maximum absolute atomic E-state index is 13.3. The molecule has 19 heavy (non-hydrogen) atoms. The molecule has 0 aromatic carbocycles. The quantitative estimate of drug-likeness (QED) is 0.714. The molecule has 1 aromatic rings. The van der Waals surface area contributed by atoms with Crippen LogP contribution in [0, 0.1) is 0 Å². The van der Waals surface area contributed by atoms with Crippen molar-refractivity contribution in [3.63, 3.8) is 0 Å². The minimum Gasteiger partial charge on any atom is -0.309 e. The third kappa shape index (κ3) is 1.66. The molecule has 0 fully saturated rings. The van der Waals surface area contributed by atoms with Crippen molar-refractivity contribution in [2.75, 3.05) is 7.05 Å². The van der Waals surface area contributed by atoms with E-state index < -0.39 is 29.0 Å². The minimum atomic E-state index is -4.82. The van der Waals surface area contributed by atoms with E-state index in [4.69, 9.17) is 11.6 Å². The van der Waals surface area contributed by atoms with Crippen molar-refractivity contribution in [3.05, 3.63) is 31.6 Å². The Balaban J connectivity index is 2.96. The van der Waals surface area contributed by atoms with E-state index in [1.54, 1.807) is 0 Å². The van der Waals surface area contributed by atoms with Crippen molar-refractivity contribution in [2.24, 2.45) is 0 Å². The van der Waals surface area contributed by atoms with Gasteiger partial charge in [0.2, 0.25) is 5.66 Å². The number of hydrogen-bond donors (Lipinski definition) is 0. The number of alkyl halides is 3. The molecule has 0 bridgehead atoms. The molecule has 1 aliphatic heterocycles. The van der Waals surface area contributed by atoms with E-state index in [0.717, 1.165) is 20.0 Å². The van der Waals surface area contributed by atoms with Crippen LogP contribution in [0.5, 0.6) is 0 Å². The molecule has 9 heteroatoms. The lowest BCUT2D eigenvalue weighted by Gasteiger charge is -2.35. The Labute approximate surface area is 118 Å². The molecule has 0 aliphatic carbocycles. The standard InChI is InChI=1S/C10H7BrClF3N2O2/c1-9(10(13,14)15)16(2)8(19)6-5(12)3-4(11)7(18)17(6)9/h3H,1-2H3. The monoisotopic (exact) mass is 358 g/mol. The molecule has 0 saturated heterocycles. The van der Waals surface area contributed by atoms with E-state index in [1.165, 1.54) is 0 Å². The highest BCUT2D eigenvalue weighted by molar-refractivity contribution is 9.10. The number of hydrogen-bond acceptors (Lipinski definition) is 2. The Bertz CT molecular complexity index is 643. The number of amides is 1. The summed E-state index contributed by atoms with van der Waals surface area (Å²) in [5.41, 5.74) is -4.18. The average molecular weight is 360 g/mol. The van der Waals surface area contributed by atoms with Gasteiger partial charge in [0.15, 0.2) is 0 Å². The summed E-state index contributed by atoms with van der Waals surface area (Å²) in [5, 5.41) is -0.212. The Morgan fingerprint density at radius 1 is 1.37 bits per heavy atom. The average Bonchev–Trinajstić information content (AvgIpc) is 2.48. The van der Waals surface area contributed by atoms with Gasteiger partial charge in [-0.15, -0.1) is 0 Å². The zero-order chi connectivity index (χ0) is 14.7. The maximum Gasteiger partial charge on any atom is 0.430 e. The smallest absolute Gasteiger partial charge is 0.309 e. The fraction of sp³-hybridized carbons (Fsp3) is 0.400. The van der Waals surface area contributed by atoms with Gasteiger partial charge in [0.1, 0.15) is 5.69 Å². The van der Waals surface area contributed by atoms with Gasteiger partial charge in [0.25, 0.3) is 11.5 Å². The van der Waals surface area contributed by atoms with Crippen LogP contribution in [0.2, 0.25) is 5.02 Å². The molecular formula is C10H7BrClF3N2O2. The Hall–Kier alpha value is -1.02. The molecule has 1 atom stereocenters. The lowest BCUT2D eigenvalue weighted by Crippen LogP contribution is -2.56. The SMILES string of the molecule is CN1C(=O)c2c(Cl)cc(Br)c(=O)n2C1(C)C(F)(F)F. The molecule has 2 rings (SSSR count). The zero-order valence-corrected chi connectivity index (χ0v) is 12.0. The van der Waals surface area contributed by atoms with Crippen LogP contribution in [0.25, 0.3) is 0 Å². The largest absolute Gasteiger partial charge is 0.430 e. The molecule has 104 valence electrons. The number of carbonyl (C=O) groups excluding carboxylic acids is 1. The van der Waals surface area contributed by atoms with Crippen molar-refractivity contribution in [1.29, 1.82) is 0 Å². The van der Waals surface area contributed by atoms with Crippen LogP contribution in [0.3, 0.4) is 0 Å². The number of pyridine rings is 1. The number of rotatable bonds is 0. The summed E-state index contributed by atoms with van der Waals surface area (Å²) in [4.78, 5) is 24.3. The summed E-state index contributed by atoms with van der Waals surface area (Å²) in [6, 6.07) is 1.11. The molecule has 1 unspecified atom stereocenters. The van der Waals surface area contributed by atoms with Crippen molar-refractivity contribution in [1.82, 2.24) is 9.47 Å². The number of halogens is 5. The summed E-state index contributed by atoms with van der Waals surface area (Å²) in [6.07, 6.45) is -4.82. The van der Waals surface area contributed by atoms with Gasteiger partial charge in [0, 0.05) is 7.05 Å². The number of nitrogens with zero attached hydrogens (tertiary/aromatic N) is 2. The first kappa shape index (κ1) is 14.4. The molecule has 0 spiro atoms. The van der Waals surface area contributed by atoms with E-state index in [9.17, 15) is 22.8 Å². The second-order valence-electron chi connectivity index (χ2n) is 4.21. The molecule has 0 radical (unpaired) electrons. The Morgan fingerprint density at radius 3 is 2.37 bits per heavy atom. The first-order valence-corrected chi connectivity index (χ1v) is 6.17. The number of aromatic nitrogens is 1. The first-order valence-electron chi connectivity index (χ1n) is 5.00. The molecule has 0 N–H and O–H groups in total. The minimum absolute atomic E-state index is 0.139. The number of fused-ring (bicyclic) bond motifs is 1. The molecule has 2 heterocycles. The first-order chi connectivity index (χ1) is 8.53. The summed E-state index contributed by atoms with van der Waals surface area (Å²) in [5.74, 6) is -0.950. The fourth-order valence-electron chi connectivity index (χ4n) is 1.99. The highest BCUT2D eigenvalue weighted by Crippen LogP contribution is 2.44. The summed E-state index contributed by atoms with van der Waals surface area (Å²) < 4.78 is 40.1. The van der Waals surface area contributed by atoms with E-state index in [1.807, 2.05) is 0 Å².